The van der Waals surface area contributed by atoms with Gasteiger partial charge in [-0.3, -0.25) is 14.1 Å². The summed E-state index contributed by atoms with van der Waals surface area (Å²) in [6, 6.07) is 8.77. The Balaban J connectivity index is 1.19. The van der Waals surface area contributed by atoms with Gasteiger partial charge in [-0.05, 0) is 56.0 Å². The summed E-state index contributed by atoms with van der Waals surface area (Å²) >= 11 is 1.22. The third-order valence-corrected chi connectivity index (χ3v) is 11.7. The van der Waals surface area contributed by atoms with Crippen molar-refractivity contribution in [3.63, 3.8) is 0 Å². The molecule has 2 fully saturated rings. The van der Waals surface area contributed by atoms with Crippen LogP contribution in [0.3, 0.4) is 0 Å². The van der Waals surface area contributed by atoms with E-state index in [9.17, 15) is 27.7 Å². The third-order valence-electron chi connectivity index (χ3n) is 9.79. The first-order valence-electron chi connectivity index (χ1n) is 19.3. The van der Waals surface area contributed by atoms with E-state index in [-0.39, 0.29) is 67.7 Å². The summed E-state index contributed by atoms with van der Waals surface area (Å²) in [4.78, 5) is 62.3. The number of carbonyl (C=O) groups is 3. The number of rotatable bonds is 18. The summed E-state index contributed by atoms with van der Waals surface area (Å²) in [5, 5.41) is 11.8. The molecule has 0 spiro atoms. The van der Waals surface area contributed by atoms with E-state index in [4.69, 9.17) is 38.7 Å². The fourth-order valence-electron chi connectivity index (χ4n) is 6.62. The number of phosphoric acid groups is 1. The molecule has 0 aliphatic carbocycles. The number of esters is 1. The highest BCUT2D eigenvalue weighted by atomic mass is 32.2. The highest BCUT2D eigenvalue weighted by molar-refractivity contribution is 8.00. The summed E-state index contributed by atoms with van der Waals surface area (Å²) in [6.45, 7) is 3.30. The van der Waals surface area contributed by atoms with Crippen molar-refractivity contribution in [2.45, 2.75) is 74.8 Å². The summed E-state index contributed by atoms with van der Waals surface area (Å²) in [5.41, 5.74) is -1.70. The maximum Gasteiger partial charge on any atom is 0.512 e. The Morgan fingerprint density at radius 2 is 1.79 bits per heavy atom. The lowest BCUT2D eigenvalue weighted by atomic mass is 9.89. The first-order valence-corrected chi connectivity index (χ1v) is 21.8. The molecule has 2 saturated heterocycles. The van der Waals surface area contributed by atoms with E-state index in [1.807, 2.05) is 6.07 Å². The SMILES string of the molecule is CC(OC(=O)CCC(=O)N1CCC(COP(=O)(O)O)CC1)OC(=O)OC(Cn1cncn1)(c1ccc(F)cc1F)C(C)SC1COC(C=CC=Cc2ccc(C#N)cc2F)OC1. The lowest BCUT2D eigenvalue weighted by molar-refractivity contribution is -0.172. The zero-order chi connectivity index (χ0) is 44.9. The first-order chi connectivity index (χ1) is 29.5. The van der Waals surface area contributed by atoms with Crippen molar-refractivity contribution in [1.82, 2.24) is 19.7 Å². The van der Waals surface area contributed by atoms with Crippen LogP contribution in [0.4, 0.5) is 18.0 Å². The Kier molecular flexibility index (Phi) is 17.3. The largest absolute Gasteiger partial charge is 0.512 e. The monoisotopic (exact) mass is 907 g/mol. The van der Waals surface area contributed by atoms with Gasteiger partial charge in [-0.15, -0.1) is 11.8 Å². The van der Waals surface area contributed by atoms with Crippen LogP contribution in [0.5, 0.6) is 0 Å². The smallest absolute Gasteiger partial charge is 0.425 e. The van der Waals surface area contributed by atoms with Gasteiger partial charge >= 0.3 is 19.9 Å². The van der Waals surface area contributed by atoms with E-state index < -0.39 is 66.1 Å². The fourth-order valence-corrected chi connectivity index (χ4v) is 8.39. The topological polar surface area (TPSA) is 222 Å². The Labute approximate surface area is 359 Å². The molecule has 2 N–H and O–H groups in total. The van der Waals surface area contributed by atoms with E-state index in [0.29, 0.717) is 32.0 Å². The average molecular weight is 908 g/mol. The van der Waals surface area contributed by atoms with Gasteiger partial charge in [0.15, 0.2) is 11.9 Å². The third kappa shape index (κ3) is 14.2. The highest BCUT2D eigenvalue weighted by Crippen LogP contribution is 2.42. The Morgan fingerprint density at radius 3 is 2.44 bits per heavy atom. The highest BCUT2D eigenvalue weighted by Gasteiger charge is 2.47. The molecule has 3 aromatic rings. The van der Waals surface area contributed by atoms with Gasteiger partial charge in [0.1, 0.15) is 30.1 Å². The number of allylic oxidation sites excluding steroid dienone is 2. The second-order valence-corrected chi connectivity index (χ2v) is 17.2. The molecule has 0 bridgehead atoms. The normalized spacial score (nSPS) is 19.4. The number of halogens is 3. The van der Waals surface area contributed by atoms with Crippen LogP contribution in [0, 0.1) is 34.7 Å². The van der Waals surface area contributed by atoms with Crippen LogP contribution < -0.4 is 0 Å². The van der Waals surface area contributed by atoms with Gasteiger partial charge < -0.3 is 38.4 Å². The van der Waals surface area contributed by atoms with E-state index in [0.717, 1.165) is 18.2 Å². The van der Waals surface area contributed by atoms with Gasteiger partial charge in [-0.1, -0.05) is 24.3 Å². The number of piperidine rings is 1. The molecule has 0 radical (unpaired) electrons. The second-order valence-electron chi connectivity index (χ2n) is 14.3. The minimum absolute atomic E-state index is 0.135. The van der Waals surface area contributed by atoms with Crippen LogP contribution in [-0.4, -0.2) is 103 Å². The van der Waals surface area contributed by atoms with Crippen LogP contribution in [0.1, 0.15) is 56.2 Å². The summed E-state index contributed by atoms with van der Waals surface area (Å²) in [6.07, 6.45) is 5.52. The number of carbonyl (C=O) groups excluding carboxylic acids is 3. The van der Waals surface area contributed by atoms with Crippen molar-refractivity contribution in [2.24, 2.45) is 5.92 Å². The number of ether oxygens (including phenoxy) is 5. The van der Waals surface area contributed by atoms with Crippen molar-refractivity contribution >= 4 is 43.7 Å². The summed E-state index contributed by atoms with van der Waals surface area (Å²) in [7, 11) is -4.60. The van der Waals surface area contributed by atoms with Crippen LogP contribution in [-0.2, 0) is 54.5 Å². The lowest BCUT2D eigenvalue weighted by Crippen LogP contribution is -2.47. The predicted octanol–water partition coefficient (Wildman–Crippen LogP) is 5.77. The molecule has 3 atom stereocenters. The quantitative estimate of drug-likeness (QED) is 0.0670. The molecule has 3 heterocycles. The molecule has 3 unspecified atom stereocenters. The van der Waals surface area contributed by atoms with Crippen molar-refractivity contribution in [2.75, 3.05) is 32.9 Å². The number of hydrogen-bond acceptors (Lipinski definition) is 14. The molecule has 2 aromatic carbocycles. The predicted molar refractivity (Wildman–Crippen MR) is 214 cm³/mol. The van der Waals surface area contributed by atoms with E-state index in [1.165, 1.54) is 59.1 Å². The number of amides is 1. The maximum atomic E-state index is 15.8. The molecule has 22 heteroatoms. The van der Waals surface area contributed by atoms with Crippen molar-refractivity contribution in [3.05, 3.63) is 101 Å². The van der Waals surface area contributed by atoms with E-state index in [2.05, 4.69) is 14.6 Å². The van der Waals surface area contributed by atoms with Gasteiger partial charge in [-0.25, -0.2) is 32.2 Å². The molecule has 1 aromatic heterocycles. The molecule has 62 heavy (non-hydrogen) atoms. The first kappa shape index (κ1) is 48.0. The Morgan fingerprint density at radius 1 is 1.05 bits per heavy atom. The lowest BCUT2D eigenvalue weighted by Gasteiger charge is -2.40. The number of hydrogen-bond donors (Lipinski definition) is 2. The molecule has 0 saturated carbocycles. The standard InChI is InChI=1S/C40H45F3N5O12PS/c1-26(62-32-21-55-38(56-22-32)6-4-3-5-30-8-7-29(19-44)17-34(30)42)40(23-48-25-45-24-46-48,33-10-9-31(41)18-35(33)43)60-39(51)59-27(2)58-37(50)12-11-36(49)47-15-13-28(14-16-47)20-57-61(52,53)54/h3-10,17-18,24-28,32,38H,11-16,20-23H2,1-2H3,(H2,52,53,54). The van der Waals surface area contributed by atoms with Crippen molar-refractivity contribution < 1.29 is 70.1 Å². The van der Waals surface area contributed by atoms with Crippen LogP contribution >= 0.6 is 19.6 Å². The summed E-state index contributed by atoms with van der Waals surface area (Å²) < 4.78 is 89.3. The molecule has 17 nitrogen and oxygen atoms in total. The fraction of sp³-hybridized carbons (Fsp3) is 0.450. The van der Waals surface area contributed by atoms with Gasteiger partial charge in [0.25, 0.3) is 0 Å². The maximum absolute atomic E-state index is 15.8. The zero-order valence-electron chi connectivity index (χ0n) is 33.6. The number of thioether (sulfide) groups is 1. The summed E-state index contributed by atoms with van der Waals surface area (Å²) in [5.74, 6) is -3.83. The van der Waals surface area contributed by atoms with Gasteiger partial charge in [0.05, 0.1) is 49.7 Å². The number of aromatic nitrogens is 3. The molecule has 334 valence electrons. The van der Waals surface area contributed by atoms with E-state index in [1.54, 1.807) is 25.2 Å². The molecule has 2 aliphatic heterocycles. The number of nitriles is 1. The van der Waals surface area contributed by atoms with Crippen LogP contribution in [0.2, 0.25) is 0 Å². The number of likely N-dealkylation sites (tertiary alicyclic amines) is 1. The van der Waals surface area contributed by atoms with Crippen LogP contribution in [0.15, 0.2) is 67.3 Å². The minimum atomic E-state index is -4.60. The van der Waals surface area contributed by atoms with Crippen LogP contribution in [0.25, 0.3) is 6.08 Å². The van der Waals surface area contributed by atoms with Crippen molar-refractivity contribution in [1.29, 1.82) is 5.26 Å². The van der Waals surface area contributed by atoms with E-state index >= 15 is 4.39 Å². The number of benzene rings is 2. The zero-order valence-corrected chi connectivity index (χ0v) is 35.3. The van der Waals surface area contributed by atoms with Crippen molar-refractivity contribution in [3.8, 4) is 6.07 Å². The number of nitrogens with zero attached hydrogens (tertiary/aromatic N) is 5. The Bertz CT molecular complexity index is 2160. The minimum Gasteiger partial charge on any atom is -0.425 e. The van der Waals surface area contributed by atoms with Gasteiger partial charge in [0.2, 0.25) is 12.2 Å². The molecular weight excluding hydrogens is 862 g/mol. The average Bonchev–Trinajstić information content (AvgIpc) is 3.74. The molecule has 2 aliphatic rings. The molecular formula is C40H45F3N5O12PS. The Hall–Kier alpha value is -5.07. The van der Waals surface area contributed by atoms with Gasteiger partial charge in [-0.2, -0.15) is 10.4 Å². The number of phosphoric ester groups is 1. The van der Waals surface area contributed by atoms with Gasteiger partial charge in [0, 0.05) is 48.9 Å². The molecule has 1 amide bonds. The molecule has 5 rings (SSSR count). The second kappa shape index (κ2) is 22.3.